The first-order chi connectivity index (χ1) is 14.2. The van der Waals surface area contributed by atoms with Crippen molar-refractivity contribution in [3.63, 3.8) is 0 Å². The van der Waals surface area contributed by atoms with Crippen molar-refractivity contribution in [1.82, 2.24) is 9.80 Å². The minimum absolute atomic E-state index is 0.0281. The number of benzene rings is 2. The fourth-order valence-electron chi connectivity index (χ4n) is 3.02. The van der Waals surface area contributed by atoms with Gasteiger partial charge in [-0.2, -0.15) is 0 Å². The maximum Gasteiger partial charge on any atom is 0.409 e. The summed E-state index contributed by atoms with van der Waals surface area (Å²) in [6.07, 6.45) is -0.313. The van der Waals surface area contributed by atoms with Crippen molar-refractivity contribution < 1.29 is 19.1 Å². The van der Waals surface area contributed by atoms with Gasteiger partial charge in [-0.05, 0) is 43.3 Å². The van der Waals surface area contributed by atoms with E-state index in [0.29, 0.717) is 45.0 Å². The molecule has 0 saturated carbocycles. The van der Waals surface area contributed by atoms with Gasteiger partial charge in [0.25, 0.3) is 5.91 Å². The zero-order valence-electron chi connectivity index (χ0n) is 16.6. The van der Waals surface area contributed by atoms with Crippen LogP contribution in [0.1, 0.15) is 17.3 Å². The van der Waals surface area contributed by atoms with E-state index in [-0.39, 0.29) is 12.0 Å². The summed E-state index contributed by atoms with van der Waals surface area (Å²) in [5.41, 5.74) is 0.626. The van der Waals surface area contributed by atoms with Crippen LogP contribution in [0.3, 0.4) is 0 Å². The Labute approximate surface area is 175 Å². The summed E-state index contributed by atoms with van der Waals surface area (Å²) in [5, 5.41) is 0. The molecule has 0 aliphatic carbocycles. The van der Waals surface area contributed by atoms with Crippen molar-refractivity contribution >= 4 is 23.8 Å². The monoisotopic (exact) mass is 414 g/mol. The first-order valence-electron chi connectivity index (χ1n) is 9.79. The molecule has 0 bridgehead atoms. The van der Waals surface area contributed by atoms with Gasteiger partial charge in [0.1, 0.15) is 5.75 Å². The van der Waals surface area contributed by atoms with E-state index in [1.54, 1.807) is 40.6 Å². The lowest BCUT2D eigenvalue weighted by molar-refractivity contribution is 0.0570. The lowest BCUT2D eigenvalue weighted by atomic mass is 10.1. The third-order valence-corrected chi connectivity index (χ3v) is 5.53. The van der Waals surface area contributed by atoms with Gasteiger partial charge in [0, 0.05) is 42.4 Å². The predicted molar refractivity (Wildman–Crippen MR) is 114 cm³/mol. The Morgan fingerprint density at radius 1 is 0.931 bits per heavy atom. The Morgan fingerprint density at radius 2 is 1.59 bits per heavy atom. The van der Waals surface area contributed by atoms with Gasteiger partial charge in [-0.25, -0.2) is 4.79 Å². The van der Waals surface area contributed by atoms with E-state index >= 15 is 0 Å². The van der Waals surface area contributed by atoms with Gasteiger partial charge in [0.05, 0.1) is 13.2 Å². The quantitative estimate of drug-likeness (QED) is 0.510. The second-order valence-electron chi connectivity index (χ2n) is 6.51. The van der Waals surface area contributed by atoms with Crippen LogP contribution in [0.2, 0.25) is 0 Å². The first kappa shape index (κ1) is 21.0. The van der Waals surface area contributed by atoms with Crippen LogP contribution in [0.5, 0.6) is 5.75 Å². The van der Waals surface area contributed by atoms with Crippen molar-refractivity contribution in [3.8, 4) is 5.75 Å². The molecule has 1 fully saturated rings. The maximum absolute atomic E-state index is 12.7. The summed E-state index contributed by atoms with van der Waals surface area (Å²) in [4.78, 5) is 29.1. The van der Waals surface area contributed by atoms with Gasteiger partial charge >= 0.3 is 6.09 Å². The second kappa shape index (κ2) is 10.8. The number of hydrogen-bond acceptors (Lipinski definition) is 5. The van der Waals surface area contributed by atoms with Crippen LogP contribution < -0.4 is 4.74 Å². The summed E-state index contributed by atoms with van der Waals surface area (Å²) in [6, 6.07) is 17.5. The molecule has 0 N–H and O–H groups in total. The van der Waals surface area contributed by atoms with Gasteiger partial charge in [-0.3, -0.25) is 4.79 Å². The van der Waals surface area contributed by atoms with Gasteiger partial charge in [0.2, 0.25) is 0 Å². The molecule has 1 saturated heterocycles. The fraction of sp³-hybridized carbons (Fsp3) is 0.364. The summed E-state index contributed by atoms with van der Waals surface area (Å²) in [5.74, 6) is 1.58. The molecule has 2 amide bonds. The zero-order valence-corrected chi connectivity index (χ0v) is 17.4. The highest BCUT2D eigenvalue weighted by molar-refractivity contribution is 7.99. The van der Waals surface area contributed by atoms with Crippen molar-refractivity contribution in [2.45, 2.75) is 11.8 Å². The molecule has 0 spiro atoms. The molecular formula is C22H26N2O4S. The maximum atomic E-state index is 12.7. The normalized spacial score (nSPS) is 13.8. The molecule has 6 nitrogen and oxygen atoms in total. The molecule has 154 valence electrons. The highest BCUT2D eigenvalue weighted by Crippen LogP contribution is 2.18. The number of amides is 2. The van der Waals surface area contributed by atoms with E-state index in [9.17, 15) is 9.59 Å². The molecule has 0 atom stereocenters. The number of carbonyl (C=O) groups is 2. The first-order valence-corrected chi connectivity index (χ1v) is 10.8. The van der Waals surface area contributed by atoms with Crippen LogP contribution >= 0.6 is 11.8 Å². The van der Waals surface area contributed by atoms with Crippen LogP contribution in [-0.2, 0) is 4.74 Å². The molecule has 7 heteroatoms. The summed E-state index contributed by atoms with van der Waals surface area (Å²) < 4.78 is 10.8. The van der Waals surface area contributed by atoms with Crippen LogP contribution in [0.15, 0.2) is 59.5 Å². The summed E-state index contributed by atoms with van der Waals surface area (Å²) in [7, 11) is 0. The van der Waals surface area contributed by atoms with E-state index in [1.807, 2.05) is 30.3 Å². The number of rotatable bonds is 7. The standard InChI is InChI=1S/C22H26N2O4S/c1-2-27-22(26)24-14-12-23(13-15-24)21(25)18-8-10-19(11-9-18)28-16-17-29-20-6-4-3-5-7-20/h3-11H,2,12-17H2,1H3. The third-order valence-electron chi connectivity index (χ3n) is 4.56. The number of nitrogens with zero attached hydrogens (tertiary/aromatic N) is 2. The highest BCUT2D eigenvalue weighted by Gasteiger charge is 2.25. The van der Waals surface area contributed by atoms with E-state index in [1.165, 1.54) is 4.90 Å². The van der Waals surface area contributed by atoms with Crippen molar-refractivity contribution in [2.24, 2.45) is 0 Å². The fourth-order valence-corrected chi connectivity index (χ4v) is 3.77. The zero-order chi connectivity index (χ0) is 20.5. The van der Waals surface area contributed by atoms with Crippen LogP contribution in [0, 0.1) is 0 Å². The minimum Gasteiger partial charge on any atom is -0.493 e. The third kappa shape index (κ3) is 6.15. The Balaban J connectivity index is 1.42. The molecular weight excluding hydrogens is 388 g/mol. The van der Waals surface area contributed by atoms with E-state index in [0.717, 1.165) is 11.5 Å². The largest absolute Gasteiger partial charge is 0.493 e. The van der Waals surface area contributed by atoms with Gasteiger partial charge in [0.15, 0.2) is 0 Å². The lowest BCUT2D eigenvalue weighted by Crippen LogP contribution is -2.50. The number of thioether (sulfide) groups is 1. The SMILES string of the molecule is CCOC(=O)N1CCN(C(=O)c2ccc(OCCSc3ccccc3)cc2)CC1. The molecule has 3 rings (SSSR count). The Kier molecular flexibility index (Phi) is 7.81. The number of ether oxygens (including phenoxy) is 2. The van der Waals surface area contributed by atoms with Crippen LogP contribution in [0.25, 0.3) is 0 Å². The van der Waals surface area contributed by atoms with Crippen molar-refractivity contribution in [2.75, 3.05) is 45.1 Å². The topological polar surface area (TPSA) is 59.1 Å². The molecule has 1 heterocycles. The molecule has 29 heavy (non-hydrogen) atoms. The van der Waals surface area contributed by atoms with E-state index < -0.39 is 0 Å². The minimum atomic E-state index is -0.313. The van der Waals surface area contributed by atoms with Gasteiger partial charge in [-0.1, -0.05) is 18.2 Å². The smallest absolute Gasteiger partial charge is 0.409 e. The predicted octanol–water partition coefficient (Wildman–Crippen LogP) is 3.77. The van der Waals surface area contributed by atoms with E-state index in [2.05, 4.69) is 12.1 Å². The molecule has 2 aromatic carbocycles. The second-order valence-corrected chi connectivity index (χ2v) is 7.68. The molecule has 0 radical (unpaired) electrons. The Morgan fingerprint density at radius 3 is 2.24 bits per heavy atom. The Hall–Kier alpha value is -2.67. The summed E-state index contributed by atoms with van der Waals surface area (Å²) >= 11 is 1.75. The molecule has 1 aliphatic rings. The van der Waals surface area contributed by atoms with E-state index in [4.69, 9.17) is 9.47 Å². The molecule has 0 aromatic heterocycles. The van der Waals surface area contributed by atoms with Gasteiger partial charge in [-0.15, -0.1) is 11.8 Å². The molecule has 0 unspecified atom stereocenters. The van der Waals surface area contributed by atoms with Crippen LogP contribution in [-0.4, -0.2) is 66.9 Å². The van der Waals surface area contributed by atoms with Crippen molar-refractivity contribution in [3.05, 3.63) is 60.2 Å². The average Bonchev–Trinajstić information content (AvgIpc) is 2.78. The Bertz CT molecular complexity index is 790. The molecule has 1 aliphatic heterocycles. The molecule has 2 aromatic rings. The van der Waals surface area contributed by atoms with Crippen LogP contribution in [0.4, 0.5) is 4.79 Å². The average molecular weight is 415 g/mol. The number of hydrogen-bond donors (Lipinski definition) is 0. The summed E-state index contributed by atoms with van der Waals surface area (Å²) in [6.45, 7) is 4.74. The highest BCUT2D eigenvalue weighted by atomic mass is 32.2. The van der Waals surface area contributed by atoms with Gasteiger partial charge < -0.3 is 19.3 Å². The number of carbonyl (C=O) groups excluding carboxylic acids is 2. The lowest BCUT2D eigenvalue weighted by Gasteiger charge is -2.34. The number of piperazine rings is 1. The van der Waals surface area contributed by atoms with Crippen molar-refractivity contribution in [1.29, 1.82) is 0 Å².